The van der Waals surface area contributed by atoms with E-state index in [2.05, 4.69) is 15.1 Å². The summed E-state index contributed by atoms with van der Waals surface area (Å²) in [5, 5.41) is 21.7. The molecule has 9 heteroatoms. The van der Waals surface area contributed by atoms with E-state index in [1.807, 2.05) is 19.9 Å². The molecule has 1 heterocycles. The van der Waals surface area contributed by atoms with E-state index < -0.39 is 17.9 Å². The van der Waals surface area contributed by atoms with Crippen LogP contribution in [0.3, 0.4) is 0 Å². The molecule has 0 aliphatic carbocycles. The number of β-amino-alcohol motifs (C(OH)–C–C–N with tert-alkyl or cyclic N) is 1. The highest BCUT2D eigenvalue weighted by molar-refractivity contribution is 5.97. The molecule has 1 aliphatic rings. The minimum Gasteiger partial charge on any atom is -0.481 e. The number of carboxylic acid groups (broad SMARTS) is 1. The van der Waals surface area contributed by atoms with Crippen LogP contribution in [0.2, 0.25) is 0 Å². The lowest BCUT2D eigenvalue weighted by molar-refractivity contribution is -0.140. The van der Waals surface area contributed by atoms with Gasteiger partial charge in [0.25, 0.3) is 5.91 Å². The van der Waals surface area contributed by atoms with Gasteiger partial charge >= 0.3 is 5.97 Å². The fraction of sp³-hybridized carbons (Fsp3) is 0.667. The number of carbonyl (C=O) groups is 3. The molecule has 202 valence electrons. The standard InChI is InChI=1S/C27H44N4O5/c1-3-12-31(13-4-2)27(36)25(28-26(35)22-9-6-5-7-10-22)23(21-24(33)34)11-8-14-29-15-17-30(18-16-29)19-20-32/h5-7,9-10,23,25,32H,3-4,8,11-21H2,1-2H3,(H,28,35)(H,33,34). The van der Waals surface area contributed by atoms with Gasteiger partial charge in [0, 0.05) is 51.4 Å². The summed E-state index contributed by atoms with van der Waals surface area (Å²) in [6, 6.07) is 7.83. The van der Waals surface area contributed by atoms with Crippen LogP contribution in [-0.2, 0) is 9.59 Å². The van der Waals surface area contributed by atoms with Crippen LogP contribution in [0, 0.1) is 5.92 Å². The summed E-state index contributed by atoms with van der Waals surface area (Å²) in [6.45, 7) is 10.4. The van der Waals surface area contributed by atoms with Gasteiger partial charge in [-0.1, -0.05) is 32.0 Å². The van der Waals surface area contributed by atoms with Crippen molar-refractivity contribution in [3.05, 3.63) is 35.9 Å². The third kappa shape index (κ3) is 9.87. The van der Waals surface area contributed by atoms with Gasteiger partial charge in [-0.15, -0.1) is 0 Å². The second-order valence-electron chi connectivity index (χ2n) is 9.55. The average Bonchev–Trinajstić information content (AvgIpc) is 2.87. The van der Waals surface area contributed by atoms with Crippen molar-refractivity contribution in [3.63, 3.8) is 0 Å². The van der Waals surface area contributed by atoms with E-state index in [-0.39, 0.29) is 24.8 Å². The molecule has 1 fully saturated rings. The van der Waals surface area contributed by atoms with Crippen LogP contribution in [0.5, 0.6) is 0 Å². The summed E-state index contributed by atoms with van der Waals surface area (Å²) in [5.74, 6) is -2.04. The summed E-state index contributed by atoms with van der Waals surface area (Å²) < 4.78 is 0. The predicted molar refractivity (Wildman–Crippen MR) is 140 cm³/mol. The smallest absolute Gasteiger partial charge is 0.303 e. The predicted octanol–water partition coefficient (Wildman–Crippen LogP) is 1.91. The van der Waals surface area contributed by atoms with Crippen molar-refractivity contribution in [3.8, 4) is 0 Å². The Hall–Kier alpha value is -2.49. The number of nitrogens with zero attached hydrogens (tertiary/aromatic N) is 3. The zero-order valence-electron chi connectivity index (χ0n) is 21.9. The van der Waals surface area contributed by atoms with E-state index in [9.17, 15) is 19.5 Å². The number of aliphatic carboxylic acids is 1. The number of carbonyl (C=O) groups excluding carboxylic acids is 2. The van der Waals surface area contributed by atoms with Crippen LogP contribution in [0.25, 0.3) is 0 Å². The molecule has 2 atom stereocenters. The maximum absolute atomic E-state index is 13.7. The number of rotatable bonds is 16. The number of nitrogens with one attached hydrogen (secondary N) is 1. The summed E-state index contributed by atoms with van der Waals surface area (Å²) in [6.07, 6.45) is 2.67. The number of aliphatic hydroxyl groups is 1. The number of piperazine rings is 1. The third-order valence-corrected chi connectivity index (χ3v) is 6.73. The Morgan fingerprint density at radius 1 is 0.972 bits per heavy atom. The molecular weight excluding hydrogens is 460 g/mol. The van der Waals surface area contributed by atoms with E-state index in [0.29, 0.717) is 31.6 Å². The second-order valence-corrected chi connectivity index (χ2v) is 9.55. The molecule has 1 aromatic rings. The molecule has 1 aliphatic heterocycles. The molecule has 2 rings (SSSR count). The van der Waals surface area contributed by atoms with Gasteiger partial charge in [-0.25, -0.2) is 0 Å². The van der Waals surface area contributed by atoms with Crippen LogP contribution in [-0.4, -0.2) is 108 Å². The summed E-state index contributed by atoms with van der Waals surface area (Å²) in [7, 11) is 0. The van der Waals surface area contributed by atoms with Crippen LogP contribution in [0.1, 0.15) is 56.3 Å². The third-order valence-electron chi connectivity index (χ3n) is 6.73. The Balaban J connectivity index is 2.14. The summed E-state index contributed by atoms with van der Waals surface area (Å²) in [5.41, 5.74) is 0.447. The van der Waals surface area contributed by atoms with Crippen LogP contribution in [0.15, 0.2) is 30.3 Å². The van der Waals surface area contributed by atoms with Gasteiger partial charge in [0.2, 0.25) is 5.91 Å². The van der Waals surface area contributed by atoms with Gasteiger partial charge < -0.3 is 25.3 Å². The summed E-state index contributed by atoms with van der Waals surface area (Å²) in [4.78, 5) is 44.8. The van der Waals surface area contributed by atoms with Crippen molar-refractivity contribution < 1.29 is 24.6 Å². The number of hydrogen-bond donors (Lipinski definition) is 3. The lowest BCUT2D eigenvalue weighted by Gasteiger charge is -2.35. The number of aliphatic hydroxyl groups excluding tert-OH is 1. The van der Waals surface area contributed by atoms with Gasteiger partial charge in [0.1, 0.15) is 6.04 Å². The van der Waals surface area contributed by atoms with Crippen molar-refractivity contribution >= 4 is 17.8 Å². The first-order valence-corrected chi connectivity index (χ1v) is 13.3. The van der Waals surface area contributed by atoms with E-state index in [4.69, 9.17) is 5.11 Å². The number of benzene rings is 1. The fourth-order valence-corrected chi connectivity index (χ4v) is 4.83. The summed E-state index contributed by atoms with van der Waals surface area (Å²) >= 11 is 0. The van der Waals surface area contributed by atoms with Crippen LogP contribution >= 0.6 is 0 Å². The Bertz CT molecular complexity index is 793. The second kappa shape index (κ2) is 16.3. The van der Waals surface area contributed by atoms with E-state index >= 15 is 0 Å². The highest BCUT2D eigenvalue weighted by Gasteiger charge is 2.34. The van der Waals surface area contributed by atoms with Gasteiger partial charge in [-0.2, -0.15) is 0 Å². The Morgan fingerprint density at radius 3 is 2.08 bits per heavy atom. The van der Waals surface area contributed by atoms with Gasteiger partial charge in [0.05, 0.1) is 13.0 Å². The minimum absolute atomic E-state index is 0.161. The van der Waals surface area contributed by atoms with Crippen molar-refractivity contribution in [2.45, 2.75) is 52.0 Å². The van der Waals surface area contributed by atoms with E-state index in [1.165, 1.54) is 0 Å². The molecule has 2 amide bonds. The minimum atomic E-state index is -0.970. The molecule has 2 unspecified atom stereocenters. The van der Waals surface area contributed by atoms with Crippen molar-refractivity contribution in [1.82, 2.24) is 20.0 Å². The Labute approximate surface area is 215 Å². The fourth-order valence-electron chi connectivity index (χ4n) is 4.83. The molecule has 36 heavy (non-hydrogen) atoms. The first-order chi connectivity index (χ1) is 17.4. The van der Waals surface area contributed by atoms with E-state index in [1.54, 1.807) is 29.2 Å². The zero-order valence-corrected chi connectivity index (χ0v) is 21.9. The SMILES string of the molecule is CCCN(CCC)C(=O)C(NC(=O)c1ccccc1)C(CCCN1CCN(CCO)CC1)CC(=O)O. The number of carboxylic acids is 1. The topological polar surface area (TPSA) is 113 Å². The van der Waals surface area contributed by atoms with Gasteiger partial charge in [0.15, 0.2) is 0 Å². The lowest BCUT2D eigenvalue weighted by atomic mass is 9.89. The Kier molecular flexibility index (Phi) is 13.5. The first-order valence-electron chi connectivity index (χ1n) is 13.3. The maximum atomic E-state index is 13.7. The molecule has 0 radical (unpaired) electrons. The molecule has 9 nitrogen and oxygen atoms in total. The van der Waals surface area contributed by atoms with Crippen molar-refractivity contribution in [2.75, 3.05) is 59.0 Å². The highest BCUT2D eigenvalue weighted by Crippen LogP contribution is 2.21. The van der Waals surface area contributed by atoms with Crippen molar-refractivity contribution in [1.29, 1.82) is 0 Å². The number of amides is 2. The molecule has 0 saturated carbocycles. The Morgan fingerprint density at radius 2 is 1.56 bits per heavy atom. The highest BCUT2D eigenvalue weighted by atomic mass is 16.4. The molecule has 0 spiro atoms. The quantitative estimate of drug-likeness (QED) is 0.315. The monoisotopic (exact) mass is 504 g/mol. The zero-order chi connectivity index (χ0) is 26.3. The van der Waals surface area contributed by atoms with Crippen molar-refractivity contribution in [2.24, 2.45) is 5.92 Å². The van der Waals surface area contributed by atoms with Gasteiger partial charge in [-0.05, 0) is 50.3 Å². The molecular formula is C27H44N4O5. The largest absolute Gasteiger partial charge is 0.481 e. The van der Waals surface area contributed by atoms with Gasteiger partial charge in [-0.3, -0.25) is 19.3 Å². The molecule has 0 aromatic heterocycles. The molecule has 0 bridgehead atoms. The van der Waals surface area contributed by atoms with Crippen LogP contribution < -0.4 is 5.32 Å². The van der Waals surface area contributed by atoms with E-state index in [0.717, 1.165) is 52.0 Å². The molecule has 3 N–H and O–H groups in total. The lowest BCUT2D eigenvalue weighted by Crippen LogP contribution is -2.53. The normalized spacial score (nSPS) is 16.3. The maximum Gasteiger partial charge on any atom is 0.303 e. The molecule has 1 aromatic carbocycles. The average molecular weight is 505 g/mol. The van der Waals surface area contributed by atoms with Crippen LogP contribution in [0.4, 0.5) is 0 Å². The number of hydrogen-bond acceptors (Lipinski definition) is 6. The first kappa shape index (κ1) is 29.7. The molecule has 1 saturated heterocycles.